The van der Waals surface area contributed by atoms with E-state index in [-0.39, 0.29) is 65.5 Å². The molecule has 0 spiro atoms. The Bertz CT molecular complexity index is 643. The van der Waals surface area contributed by atoms with E-state index in [1.54, 1.807) is 0 Å². The van der Waals surface area contributed by atoms with E-state index < -0.39 is 44.1 Å². The van der Waals surface area contributed by atoms with Gasteiger partial charge in [-0.3, -0.25) is 14.3 Å². The largest absolute Gasteiger partial charge is 1.00 e. The predicted molar refractivity (Wildman–Crippen MR) is 59.4 cm³/mol. The number of aliphatic hydroxyl groups is 1. The maximum Gasteiger partial charge on any atom is 1.00 e. The van der Waals surface area contributed by atoms with Crippen molar-refractivity contribution in [3.8, 4) is 0 Å². The van der Waals surface area contributed by atoms with Crippen molar-refractivity contribution in [3.63, 3.8) is 0 Å². The zero-order valence-electron chi connectivity index (χ0n) is 12.0. The minimum absolute atomic E-state index is 0. The Kier molecular flexibility index (Phi) is 9.56. The Labute approximate surface area is 168 Å². The molecule has 10 nitrogen and oxygen atoms in total. The minimum atomic E-state index is -5.16. The van der Waals surface area contributed by atoms with Crippen LogP contribution < -0.4 is 80.2 Å². The SMILES string of the molecule is O=c1ccn([C@H]2C[C@@H](O)[C@@H](COP(=O)([O-])[O-])O2)c(=O)[nH]1.[Na+].[Na+]. The summed E-state index contributed by atoms with van der Waals surface area (Å²) in [4.78, 5) is 45.2. The molecule has 22 heavy (non-hydrogen) atoms. The van der Waals surface area contributed by atoms with Crippen molar-refractivity contribution in [2.45, 2.75) is 24.9 Å². The van der Waals surface area contributed by atoms with Gasteiger partial charge in [0, 0.05) is 18.7 Å². The number of rotatable bonds is 4. The fraction of sp³-hybridized carbons (Fsp3) is 0.556. The normalized spacial score (nSPS) is 24.4. The van der Waals surface area contributed by atoms with Gasteiger partial charge in [-0.15, -0.1) is 0 Å². The summed E-state index contributed by atoms with van der Waals surface area (Å²) in [5.41, 5.74) is -1.31. The van der Waals surface area contributed by atoms with E-state index in [2.05, 4.69) is 4.52 Å². The number of H-pyrrole nitrogens is 1. The molecular weight excluding hydrogens is 341 g/mol. The van der Waals surface area contributed by atoms with Crippen molar-refractivity contribution < 1.29 is 87.8 Å². The van der Waals surface area contributed by atoms with Gasteiger partial charge in [0.15, 0.2) is 0 Å². The molecule has 1 aliphatic heterocycles. The molecule has 1 aromatic rings. The Hall–Kier alpha value is 0.710. The van der Waals surface area contributed by atoms with Crippen LogP contribution in [0.2, 0.25) is 0 Å². The van der Waals surface area contributed by atoms with Gasteiger partial charge in [0.25, 0.3) is 5.56 Å². The first-order valence-electron chi connectivity index (χ1n) is 5.58. The van der Waals surface area contributed by atoms with Gasteiger partial charge in [-0.1, -0.05) is 0 Å². The number of aromatic nitrogens is 2. The number of aliphatic hydroxyl groups excluding tert-OH is 1. The van der Waals surface area contributed by atoms with Gasteiger partial charge in [0.2, 0.25) is 0 Å². The summed E-state index contributed by atoms with van der Waals surface area (Å²) in [5, 5.41) is 9.68. The average molecular weight is 352 g/mol. The van der Waals surface area contributed by atoms with Crippen LogP contribution >= 0.6 is 7.82 Å². The monoisotopic (exact) mass is 352 g/mol. The molecular formula is C9H11N2Na2O8P. The summed E-state index contributed by atoms with van der Waals surface area (Å²) < 4.78 is 20.7. The maximum atomic E-state index is 11.5. The minimum Gasteiger partial charge on any atom is -0.790 e. The summed E-state index contributed by atoms with van der Waals surface area (Å²) >= 11 is 0. The fourth-order valence-electron chi connectivity index (χ4n) is 1.85. The number of phosphoric ester groups is 1. The van der Waals surface area contributed by atoms with Crippen molar-refractivity contribution in [1.82, 2.24) is 9.55 Å². The average Bonchev–Trinajstić information content (AvgIpc) is 2.67. The second-order valence-electron chi connectivity index (χ2n) is 4.19. The molecule has 1 aromatic heterocycles. The fourth-order valence-corrected chi connectivity index (χ4v) is 2.18. The van der Waals surface area contributed by atoms with Crippen LogP contribution in [-0.2, 0) is 13.8 Å². The van der Waals surface area contributed by atoms with Crippen LogP contribution in [-0.4, -0.2) is 33.5 Å². The third kappa shape index (κ3) is 6.31. The Balaban J connectivity index is 0.00000220. The molecule has 112 valence electrons. The van der Waals surface area contributed by atoms with Crippen molar-refractivity contribution in [2.75, 3.05) is 6.61 Å². The quantitative estimate of drug-likeness (QED) is 0.399. The predicted octanol–water partition coefficient (Wildman–Crippen LogP) is -8.96. The summed E-state index contributed by atoms with van der Waals surface area (Å²) in [6.45, 7) is -0.639. The van der Waals surface area contributed by atoms with Crippen LogP contribution in [0.15, 0.2) is 21.9 Å². The van der Waals surface area contributed by atoms with Crippen molar-refractivity contribution in [3.05, 3.63) is 33.1 Å². The van der Waals surface area contributed by atoms with Gasteiger partial charge < -0.3 is 28.7 Å². The van der Waals surface area contributed by atoms with Gasteiger partial charge in [-0.05, 0) is 0 Å². The Morgan fingerprint density at radius 1 is 1.45 bits per heavy atom. The first-order chi connectivity index (χ1) is 9.26. The zero-order chi connectivity index (χ0) is 14.9. The second kappa shape index (κ2) is 9.26. The van der Waals surface area contributed by atoms with E-state index >= 15 is 0 Å². The summed E-state index contributed by atoms with van der Waals surface area (Å²) in [7, 11) is -5.16. The molecule has 0 amide bonds. The number of ether oxygens (including phenoxy) is 1. The number of nitrogens with one attached hydrogen (secondary N) is 1. The Morgan fingerprint density at radius 2 is 2.09 bits per heavy atom. The number of phosphoric acid groups is 1. The van der Waals surface area contributed by atoms with E-state index in [1.807, 2.05) is 4.98 Å². The maximum absolute atomic E-state index is 11.5. The molecule has 2 rings (SSSR count). The van der Waals surface area contributed by atoms with Gasteiger partial charge >= 0.3 is 64.8 Å². The molecule has 2 N–H and O–H groups in total. The molecule has 0 bridgehead atoms. The number of nitrogens with zero attached hydrogens (tertiary/aromatic N) is 1. The molecule has 1 fully saturated rings. The molecule has 1 aliphatic rings. The zero-order valence-corrected chi connectivity index (χ0v) is 16.9. The van der Waals surface area contributed by atoms with Crippen molar-refractivity contribution in [2.24, 2.45) is 0 Å². The van der Waals surface area contributed by atoms with E-state index in [9.17, 15) is 29.0 Å². The molecule has 0 radical (unpaired) electrons. The van der Waals surface area contributed by atoms with Crippen LogP contribution in [0.4, 0.5) is 0 Å². The molecule has 0 saturated carbocycles. The Morgan fingerprint density at radius 3 is 2.64 bits per heavy atom. The first kappa shape index (κ1) is 22.7. The van der Waals surface area contributed by atoms with Crippen LogP contribution in [0.25, 0.3) is 0 Å². The first-order valence-corrected chi connectivity index (χ1v) is 7.04. The standard InChI is InChI=1S/C9H13N2O8P.2Na/c12-5-3-8(11-2-1-7(13)10-9(11)14)19-6(5)4-18-20(15,16)17;;/h1-2,5-6,8,12H,3-4H2,(H,10,13,14)(H2,15,16,17);;/q;2*+1/p-2/t5-,6-,8-;;/m1../s1. The van der Waals surface area contributed by atoms with Gasteiger partial charge in [-0.25, -0.2) is 4.79 Å². The third-order valence-electron chi connectivity index (χ3n) is 2.76. The molecule has 3 atom stereocenters. The summed E-state index contributed by atoms with van der Waals surface area (Å²) in [6, 6.07) is 1.10. The smallest absolute Gasteiger partial charge is 0.790 e. The van der Waals surface area contributed by atoms with Crippen molar-refractivity contribution >= 4 is 7.82 Å². The van der Waals surface area contributed by atoms with E-state index in [0.29, 0.717) is 0 Å². The van der Waals surface area contributed by atoms with Crippen LogP contribution in [0.5, 0.6) is 0 Å². The number of aromatic amines is 1. The van der Waals surface area contributed by atoms with Gasteiger partial charge in [0.1, 0.15) is 12.3 Å². The summed E-state index contributed by atoms with van der Waals surface area (Å²) in [6.07, 6.45) is -1.88. The number of hydrogen-bond acceptors (Lipinski definition) is 8. The number of hydrogen-bond donors (Lipinski definition) is 2. The van der Waals surface area contributed by atoms with E-state index in [0.717, 1.165) is 10.6 Å². The van der Waals surface area contributed by atoms with Gasteiger partial charge in [-0.2, -0.15) is 0 Å². The molecule has 2 heterocycles. The second-order valence-corrected chi connectivity index (χ2v) is 5.35. The molecule has 0 aromatic carbocycles. The molecule has 13 heteroatoms. The van der Waals surface area contributed by atoms with Crippen LogP contribution in [0.1, 0.15) is 12.6 Å². The van der Waals surface area contributed by atoms with Crippen LogP contribution in [0, 0.1) is 0 Å². The topological polar surface area (TPSA) is 157 Å². The van der Waals surface area contributed by atoms with Crippen LogP contribution in [0.3, 0.4) is 0 Å². The third-order valence-corrected chi connectivity index (χ3v) is 3.23. The summed E-state index contributed by atoms with van der Waals surface area (Å²) in [5.74, 6) is 0. The van der Waals surface area contributed by atoms with Gasteiger partial charge in [0.05, 0.1) is 20.5 Å². The van der Waals surface area contributed by atoms with E-state index in [1.165, 1.54) is 6.20 Å². The molecule has 1 saturated heterocycles. The van der Waals surface area contributed by atoms with E-state index in [4.69, 9.17) is 4.74 Å². The van der Waals surface area contributed by atoms with Crippen molar-refractivity contribution in [1.29, 1.82) is 0 Å². The molecule has 0 aliphatic carbocycles. The molecule has 0 unspecified atom stereocenters.